The number of rotatable bonds is 5. The molecule has 6 heteroatoms. The zero-order valence-electron chi connectivity index (χ0n) is 16.6. The summed E-state index contributed by atoms with van der Waals surface area (Å²) in [4.78, 5) is 17.6. The van der Waals surface area contributed by atoms with E-state index in [4.69, 9.17) is 16.3 Å². The molecule has 2 N–H and O–H groups in total. The molecular formula is C24H21ClN2O3. The maximum Gasteiger partial charge on any atom is 0.260 e. The number of ether oxygens (including phenoxy) is 1. The van der Waals surface area contributed by atoms with E-state index in [1.165, 1.54) is 0 Å². The van der Waals surface area contributed by atoms with Crippen molar-refractivity contribution in [3.63, 3.8) is 0 Å². The molecule has 0 aliphatic carbocycles. The summed E-state index contributed by atoms with van der Waals surface area (Å²) in [6, 6.07) is 19.9. The number of nitrogens with zero attached hydrogens (tertiary/aromatic N) is 1. The number of fused-ring (bicyclic) bond motifs is 1. The molecule has 0 aliphatic heterocycles. The van der Waals surface area contributed by atoms with Gasteiger partial charge in [0.1, 0.15) is 17.2 Å². The van der Waals surface area contributed by atoms with Crippen LogP contribution in [0, 0.1) is 0 Å². The molecule has 0 unspecified atom stereocenters. The van der Waals surface area contributed by atoms with Gasteiger partial charge in [0, 0.05) is 22.5 Å². The molecule has 0 radical (unpaired) electrons. The van der Waals surface area contributed by atoms with Gasteiger partial charge in [-0.05, 0) is 56.1 Å². The molecule has 0 aliphatic rings. The highest BCUT2D eigenvalue weighted by Gasteiger charge is 2.15. The number of benzene rings is 3. The lowest BCUT2D eigenvalue weighted by molar-refractivity contribution is 0.388. The van der Waals surface area contributed by atoms with Gasteiger partial charge in [-0.2, -0.15) is 0 Å². The quantitative estimate of drug-likeness (QED) is 0.453. The van der Waals surface area contributed by atoms with Crippen molar-refractivity contribution in [1.82, 2.24) is 9.88 Å². The average molecular weight is 421 g/mol. The molecule has 0 amide bonds. The summed E-state index contributed by atoms with van der Waals surface area (Å²) in [6.07, 6.45) is 0. The predicted molar refractivity (Wildman–Crippen MR) is 121 cm³/mol. The third-order valence-electron chi connectivity index (χ3n) is 4.76. The minimum Gasteiger partial charge on any atom is -0.506 e. The molecule has 4 aromatic rings. The van der Waals surface area contributed by atoms with E-state index in [0.717, 1.165) is 17.9 Å². The minimum absolute atomic E-state index is 0.0874. The molecule has 3 aromatic carbocycles. The first-order valence-electron chi connectivity index (χ1n) is 9.48. The lowest BCUT2D eigenvalue weighted by Gasteiger charge is -2.15. The lowest BCUT2D eigenvalue weighted by atomic mass is 10.0. The molecule has 0 fully saturated rings. The Balaban J connectivity index is 1.75. The minimum atomic E-state index is -0.396. The van der Waals surface area contributed by atoms with Crippen LogP contribution < -0.4 is 10.3 Å². The van der Waals surface area contributed by atoms with Gasteiger partial charge in [-0.15, -0.1) is 0 Å². The number of para-hydroxylation sites is 1. The van der Waals surface area contributed by atoms with Crippen LogP contribution in [0.4, 0.5) is 0 Å². The number of pyridine rings is 1. The average Bonchev–Trinajstić information content (AvgIpc) is 2.69. The van der Waals surface area contributed by atoms with Gasteiger partial charge in [0.05, 0.1) is 11.1 Å². The SMILES string of the molecule is CN(C)Cc1ccccc1Oc1cccc(-c2c(O)c3ccc(Cl)cc3[nH]c2=O)c1. The van der Waals surface area contributed by atoms with Crippen molar-refractivity contribution in [2.24, 2.45) is 0 Å². The third kappa shape index (κ3) is 4.03. The number of hydrogen-bond donors (Lipinski definition) is 2. The molecule has 0 spiro atoms. The summed E-state index contributed by atoms with van der Waals surface area (Å²) in [5, 5.41) is 11.8. The van der Waals surface area contributed by atoms with Crippen LogP contribution in [0.25, 0.3) is 22.0 Å². The fourth-order valence-electron chi connectivity index (χ4n) is 3.44. The van der Waals surface area contributed by atoms with Gasteiger partial charge in [-0.3, -0.25) is 4.79 Å². The van der Waals surface area contributed by atoms with E-state index < -0.39 is 5.56 Å². The van der Waals surface area contributed by atoms with Crippen LogP contribution in [-0.4, -0.2) is 29.1 Å². The smallest absolute Gasteiger partial charge is 0.260 e. The Morgan fingerprint density at radius 1 is 1.03 bits per heavy atom. The van der Waals surface area contributed by atoms with Crippen molar-refractivity contribution in [3.8, 4) is 28.4 Å². The second-order valence-corrected chi connectivity index (χ2v) is 7.78. The Bertz CT molecular complexity index is 1280. The van der Waals surface area contributed by atoms with Gasteiger partial charge in [0.2, 0.25) is 0 Å². The number of nitrogens with one attached hydrogen (secondary N) is 1. The zero-order valence-corrected chi connectivity index (χ0v) is 17.4. The molecule has 4 rings (SSSR count). The highest BCUT2D eigenvalue weighted by molar-refractivity contribution is 6.31. The molecule has 0 saturated carbocycles. The Kier molecular flexibility index (Phi) is 5.48. The van der Waals surface area contributed by atoms with Crippen LogP contribution in [-0.2, 0) is 6.54 Å². The van der Waals surface area contributed by atoms with Gasteiger partial charge in [-0.25, -0.2) is 0 Å². The van der Waals surface area contributed by atoms with Gasteiger partial charge in [-0.1, -0.05) is 41.9 Å². The van der Waals surface area contributed by atoms with E-state index >= 15 is 0 Å². The van der Waals surface area contributed by atoms with Gasteiger partial charge < -0.3 is 19.7 Å². The van der Waals surface area contributed by atoms with E-state index in [-0.39, 0.29) is 11.3 Å². The van der Waals surface area contributed by atoms with Crippen molar-refractivity contribution in [1.29, 1.82) is 0 Å². The van der Waals surface area contributed by atoms with E-state index in [2.05, 4.69) is 9.88 Å². The van der Waals surface area contributed by atoms with E-state index in [1.807, 2.05) is 44.4 Å². The summed E-state index contributed by atoms with van der Waals surface area (Å²) in [5.41, 5.74) is 1.90. The first kappa shape index (κ1) is 20.0. The van der Waals surface area contributed by atoms with Gasteiger partial charge in [0.15, 0.2) is 0 Å². The highest BCUT2D eigenvalue weighted by atomic mass is 35.5. The second-order valence-electron chi connectivity index (χ2n) is 7.34. The number of aromatic hydroxyl groups is 1. The lowest BCUT2D eigenvalue weighted by Crippen LogP contribution is -2.11. The molecule has 30 heavy (non-hydrogen) atoms. The number of halogens is 1. The van der Waals surface area contributed by atoms with Crippen LogP contribution in [0.15, 0.2) is 71.5 Å². The molecule has 0 atom stereocenters. The number of H-pyrrole nitrogens is 1. The molecule has 0 bridgehead atoms. The summed E-state index contributed by atoms with van der Waals surface area (Å²) >= 11 is 6.00. The standard InChI is InChI=1S/C24H21ClN2O3/c1-27(2)14-16-6-3-4-9-21(16)30-18-8-5-7-15(12-18)22-23(28)19-11-10-17(25)13-20(19)26-24(22)29/h3-13H,14H2,1-2H3,(H2,26,28,29). The number of hydrogen-bond acceptors (Lipinski definition) is 4. The molecule has 1 aromatic heterocycles. The fourth-order valence-corrected chi connectivity index (χ4v) is 3.61. The summed E-state index contributed by atoms with van der Waals surface area (Å²) in [6.45, 7) is 0.740. The van der Waals surface area contributed by atoms with Crippen molar-refractivity contribution in [2.75, 3.05) is 14.1 Å². The Labute approximate surface area is 179 Å². The maximum absolute atomic E-state index is 12.7. The molecule has 1 heterocycles. The van der Waals surface area contributed by atoms with E-state index in [9.17, 15) is 9.90 Å². The zero-order chi connectivity index (χ0) is 21.3. The number of aromatic nitrogens is 1. The largest absolute Gasteiger partial charge is 0.506 e. The Morgan fingerprint density at radius 2 is 1.83 bits per heavy atom. The fraction of sp³-hybridized carbons (Fsp3) is 0.125. The maximum atomic E-state index is 12.7. The summed E-state index contributed by atoms with van der Waals surface area (Å²) < 4.78 is 6.12. The van der Waals surface area contributed by atoms with Gasteiger partial charge in [0.25, 0.3) is 5.56 Å². The Morgan fingerprint density at radius 3 is 2.63 bits per heavy atom. The molecular weight excluding hydrogens is 400 g/mol. The van der Waals surface area contributed by atoms with E-state index in [1.54, 1.807) is 36.4 Å². The first-order chi connectivity index (χ1) is 14.4. The molecule has 0 saturated heterocycles. The van der Waals surface area contributed by atoms with E-state index in [0.29, 0.717) is 27.2 Å². The Hall–Kier alpha value is -3.28. The van der Waals surface area contributed by atoms with Crippen LogP contribution in [0.2, 0.25) is 5.02 Å². The topological polar surface area (TPSA) is 65.6 Å². The monoisotopic (exact) mass is 420 g/mol. The van der Waals surface area contributed by atoms with Crippen molar-refractivity contribution in [3.05, 3.63) is 87.7 Å². The number of aromatic amines is 1. The van der Waals surface area contributed by atoms with Crippen LogP contribution in [0.1, 0.15) is 5.56 Å². The van der Waals surface area contributed by atoms with Crippen LogP contribution in [0.5, 0.6) is 17.2 Å². The molecule has 5 nitrogen and oxygen atoms in total. The molecule has 152 valence electrons. The first-order valence-corrected chi connectivity index (χ1v) is 9.85. The summed E-state index contributed by atoms with van der Waals surface area (Å²) in [5.74, 6) is 1.24. The van der Waals surface area contributed by atoms with Crippen molar-refractivity contribution < 1.29 is 9.84 Å². The summed E-state index contributed by atoms with van der Waals surface area (Å²) in [7, 11) is 4.00. The van der Waals surface area contributed by atoms with Crippen molar-refractivity contribution in [2.45, 2.75) is 6.54 Å². The normalized spacial score (nSPS) is 11.2. The van der Waals surface area contributed by atoms with Crippen LogP contribution in [0.3, 0.4) is 0 Å². The van der Waals surface area contributed by atoms with Crippen molar-refractivity contribution >= 4 is 22.5 Å². The van der Waals surface area contributed by atoms with Gasteiger partial charge >= 0.3 is 0 Å². The van der Waals surface area contributed by atoms with Crippen LogP contribution >= 0.6 is 11.6 Å². The third-order valence-corrected chi connectivity index (χ3v) is 4.99. The predicted octanol–water partition coefficient (Wildman–Crippen LogP) is 5.41. The highest BCUT2D eigenvalue weighted by Crippen LogP contribution is 2.35. The second kappa shape index (κ2) is 8.22.